The minimum Gasteiger partial charge on any atom is -0.143 e. The summed E-state index contributed by atoms with van der Waals surface area (Å²) in [5.74, 6) is 0. The smallest absolute Gasteiger partial charge is 0.0142 e. The van der Waals surface area contributed by atoms with E-state index in [-0.39, 0.29) is 0 Å². The molecule has 0 spiro atoms. The second-order valence-corrected chi connectivity index (χ2v) is 2.96. The van der Waals surface area contributed by atoms with Gasteiger partial charge in [-0.15, -0.1) is 12.6 Å². The summed E-state index contributed by atoms with van der Waals surface area (Å²) in [5, 5.41) is 0. The van der Waals surface area contributed by atoms with E-state index in [9.17, 15) is 0 Å². The van der Waals surface area contributed by atoms with Gasteiger partial charge in [0.2, 0.25) is 0 Å². The number of rotatable bonds is 1. The van der Waals surface area contributed by atoms with E-state index in [0.717, 1.165) is 4.90 Å². The van der Waals surface area contributed by atoms with Gasteiger partial charge in [-0.2, -0.15) is 0 Å². The van der Waals surface area contributed by atoms with E-state index in [4.69, 9.17) is 0 Å². The topological polar surface area (TPSA) is 0 Å². The highest BCUT2D eigenvalue weighted by Gasteiger charge is 1.95. The van der Waals surface area contributed by atoms with Gasteiger partial charge >= 0.3 is 0 Å². The lowest BCUT2D eigenvalue weighted by molar-refractivity contribution is 1.29. The molecule has 58 valence electrons. The fourth-order valence-electron chi connectivity index (χ4n) is 0.996. The van der Waals surface area contributed by atoms with Gasteiger partial charge in [0, 0.05) is 4.90 Å². The molecular formula is C10H12S. The quantitative estimate of drug-likeness (QED) is 0.605. The van der Waals surface area contributed by atoms with Gasteiger partial charge in [-0.05, 0) is 25.0 Å². The highest BCUT2D eigenvalue weighted by Crippen LogP contribution is 2.19. The number of aryl methyl sites for hydroxylation is 1. The van der Waals surface area contributed by atoms with Crippen LogP contribution in [0, 0.1) is 6.92 Å². The average Bonchev–Trinajstić information content (AvgIpc) is 1.99. The summed E-state index contributed by atoms with van der Waals surface area (Å²) < 4.78 is 0. The van der Waals surface area contributed by atoms with Gasteiger partial charge in [0.15, 0.2) is 0 Å². The first kappa shape index (κ1) is 8.41. The van der Waals surface area contributed by atoms with Gasteiger partial charge in [-0.25, -0.2) is 0 Å². The molecule has 0 radical (unpaired) electrons. The van der Waals surface area contributed by atoms with Crippen LogP contribution in [0.3, 0.4) is 0 Å². The maximum atomic E-state index is 4.39. The molecule has 0 atom stereocenters. The fourth-order valence-corrected chi connectivity index (χ4v) is 1.22. The van der Waals surface area contributed by atoms with Gasteiger partial charge in [0.05, 0.1) is 0 Å². The van der Waals surface area contributed by atoms with E-state index < -0.39 is 0 Å². The molecule has 0 N–H and O–H groups in total. The molecule has 0 aliphatic rings. The van der Waals surface area contributed by atoms with E-state index in [1.165, 1.54) is 11.1 Å². The van der Waals surface area contributed by atoms with Crippen LogP contribution >= 0.6 is 12.6 Å². The number of benzene rings is 1. The van der Waals surface area contributed by atoms with Crippen molar-refractivity contribution < 1.29 is 0 Å². The van der Waals surface area contributed by atoms with Crippen LogP contribution in [-0.4, -0.2) is 0 Å². The second kappa shape index (κ2) is 3.63. The van der Waals surface area contributed by atoms with Gasteiger partial charge in [0.1, 0.15) is 0 Å². The average molecular weight is 164 g/mol. The standard InChI is InChI=1S/C10H12S/c1-3-5-9-7-4-6-8(2)10(9)11/h3-7,11H,1-2H3/b5-3-. The van der Waals surface area contributed by atoms with Crippen LogP contribution in [0.4, 0.5) is 0 Å². The first-order valence-electron chi connectivity index (χ1n) is 3.67. The summed E-state index contributed by atoms with van der Waals surface area (Å²) in [6.07, 6.45) is 4.09. The Morgan fingerprint density at radius 3 is 2.73 bits per heavy atom. The van der Waals surface area contributed by atoms with Crippen molar-refractivity contribution in [3.05, 3.63) is 35.4 Å². The maximum Gasteiger partial charge on any atom is 0.0142 e. The van der Waals surface area contributed by atoms with Crippen LogP contribution in [0.25, 0.3) is 6.08 Å². The molecule has 0 bridgehead atoms. The molecule has 0 aliphatic carbocycles. The first-order valence-corrected chi connectivity index (χ1v) is 4.11. The Morgan fingerprint density at radius 2 is 2.09 bits per heavy atom. The molecule has 0 nitrogen and oxygen atoms in total. The molecular weight excluding hydrogens is 152 g/mol. The summed E-state index contributed by atoms with van der Waals surface area (Å²) in [6.45, 7) is 4.07. The first-order chi connectivity index (χ1) is 5.25. The maximum absolute atomic E-state index is 4.39. The molecule has 0 saturated heterocycles. The third-order valence-electron chi connectivity index (χ3n) is 1.62. The third-order valence-corrected chi connectivity index (χ3v) is 2.23. The zero-order valence-corrected chi connectivity index (χ0v) is 7.73. The Kier molecular flexibility index (Phi) is 2.77. The summed E-state index contributed by atoms with van der Waals surface area (Å²) in [5.41, 5.74) is 2.42. The summed E-state index contributed by atoms with van der Waals surface area (Å²) in [4.78, 5) is 1.07. The molecule has 0 aromatic heterocycles. The van der Waals surface area contributed by atoms with Gasteiger partial charge in [-0.3, -0.25) is 0 Å². The molecule has 0 aliphatic heterocycles. The van der Waals surface area contributed by atoms with Gasteiger partial charge < -0.3 is 0 Å². The molecule has 11 heavy (non-hydrogen) atoms. The second-order valence-electron chi connectivity index (χ2n) is 2.51. The van der Waals surface area contributed by atoms with Crippen molar-refractivity contribution in [2.75, 3.05) is 0 Å². The predicted molar refractivity (Wildman–Crippen MR) is 53.1 cm³/mol. The SMILES string of the molecule is C/C=C\c1cccc(C)c1S. The largest absolute Gasteiger partial charge is 0.143 e. The highest BCUT2D eigenvalue weighted by molar-refractivity contribution is 7.80. The van der Waals surface area contributed by atoms with E-state index in [2.05, 4.69) is 37.8 Å². The molecule has 0 fully saturated rings. The number of allylic oxidation sites excluding steroid dienone is 1. The van der Waals surface area contributed by atoms with Crippen LogP contribution in [-0.2, 0) is 0 Å². The minimum atomic E-state index is 1.07. The number of hydrogen-bond acceptors (Lipinski definition) is 1. The van der Waals surface area contributed by atoms with Crippen molar-refractivity contribution in [3.8, 4) is 0 Å². The van der Waals surface area contributed by atoms with E-state index >= 15 is 0 Å². The molecule has 1 aromatic carbocycles. The third kappa shape index (κ3) is 1.87. The monoisotopic (exact) mass is 164 g/mol. The Morgan fingerprint density at radius 1 is 1.36 bits per heavy atom. The van der Waals surface area contributed by atoms with Crippen LogP contribution in [0.1, 0.15) is 18.1 Å². The van der Waals surface area contributed by atoms with Crippen LogP contribution in [0.2, 0.25) is 0 Å². The molecule has 1 aromatic rings. The lowest BCUT2D eigenvalue weighted by Crippen LogP contribution is -1.79. The molecule has 0 saturated carbocycles. The summed E-state index contributed by atoms with van der Waals surface area (Å²) in [7, 11) is 0. The van der Waals surface area contributed by atoms with Crippen LogP contribution in [0.15, 0.2) is 29.2 Å². The zero-order chi connectivity index (χ0) is 8.27. The Balaban J connectivity index is 3.16. The van der Waals surface area contributed by atoms with Crippen molar-refractivity contribution in [1.82, 2.24) is 0 Å². The zero-order valence-electron chi connectivity index (χ0n) is 6.83. The van der Waals surface area contributed by atoms with E-state index in [0.29, 0.717) is 0 Å². The van der Waals surface area contributed by atoms with Crippen LogP contribution in [0.5, 0.6) is 0 Å². The number of hydrogen-bond donors (Lipinski definition) is 1. The number of thiol groups is 1. The van der Waals surface area contributed by atoms with Crippen molar-refractivity contribution in [2.24, 2.45) is 0 Å². The summed E-state index contributed by atoms with van der Waals surface area (Å²) >= 11 is 4.39. The van der Waals surface area contributed by atoms with Gasteiger partial charge in [-0.1, -0.05) is 30.4 Å². The predicted octanol–water partition coefficient (Wildman–Crippen LogP) is 3.32. The molecule has 0 unspecified atom stereocenters. The molecule has 1 heteroatoms. The van der Waals surface area contributed by atoms with Crippen LogP contribution < -0.4 is 0 Å². The normalized spacial score (nSPS) is 10.8. The Hall–Kier alpha value is -0.690. The minimum absolute atomic E-state index is 1.07. The Bertz CT molecular complexity index is 274. The fraction of sp³-hybridized carbons (Fsp3) is 0.200. The van der Waals surface area contributed by atoms with Crippen molar-refractivity contribution in [1.29, 1.82) is 0 Å². The van der Waals surface area contributed by atoms with Gasteiger partial charge in [0.25, 0.3) is 0 Å². The lowest BCUT2D eigenvalue weighted by Gasteiger charge is -2.01. The molecule has 0 heterocycles. The van der Waals surface area contributed by atoms with E-state index in [1.54, 1.807) is 0 Å². The molecule has 0 amide bonds. The van der Waals surface area contributed by atoms with Crippen molar-refractivity contribution in [2.45, 2.75) is 18.7 Å². The highest BCUT2D eigenvalue weighted by atomic mass is 32.1. The molecule has 1 rings (SSSR count). The Labute approximate surface area is 73.4 Å². The van der Waals surface area contributed by atoms with Crippen molar-refractivity contribution in [3.63, 3.8) is 0 Å². The summed E-state index contributed by atoms with van der Waals surface area (Å²) in [6, 6.07) is 6.18. The van der Waals surface area contributed by atoms with Crippen molar-refractivity contribution >= 4 is 18.7 Å². The lowest BCUT2D eigenvalue weighted by atomic mass is 10.1. The van der Waals surface area contributed by atoms with E-state index in [1.807, 2.05) is 19.1 Å².